The molecule has 0 aliphatic heterocycles. The summed E-state index contributed by atoms with van der Waals surface area (Å²) in [5, 5.41) is 14.8. The lowest BCUT2D eigenvalue weighted by Crippen LogP contribution is -2.26. The van der Waals surface area contributed by atoms with Crippen LogP contribution in [0.2, 0.25) is 0 Å². The van der Waals surface area contributed by atoms with Crippen LogP contribution >= 0.6 is 12.4 Å². The van der Waals surface area contributed by atoms with Crippen molar-refractivity contribution in [1.82, 2.24) is 10.3 Å². The van der Waals surface area contributed by atoms with E-state index in [1.165, 1.54) is 0 Å². The van der Waals surface area contributed by atoms with Crippen LogP contribution in [0.3, 0.4) is 0 Å². The van der Waals surface area contributed by atoms with Gasteiger partial charge in [-0.3, -0.25) is 4.72 Å². The predicted octanol–water partition coefficient (Wildman–Crippen LogP) is 6.00. The fraction of sp³-hybridized carbons (Fsp3) is 0.161. The fourth-order valence-electron chi connectivity index (χ4n) is 4.61. The van der Waals surface area contributed by atoms with Gasteiger partial charge in [-0.05, 0) is 41.0 Å². The molecule has 0 bridgehead atoms. The van der Waals surface area contributed by atoms with Crippen molar-refractivity contribution in [1.29, 1.82) is 0 Å². The highest BCUT2D eigenvalue weighted by Gasteiger charge is 2.15. The molecule has 0 aliphatic rings. The van der Waals surface area contributed by atoms with Crippen LogP contribution in [-0.2, 0) is 10.0 Å². The van der Waals surface area contributed by atoms with Crippen molar-refractivity contribution < 1.29 is 18.3 Å². The molecule has 0 spiro atoms. The van der Waals surface area contributed by atoms with Gasteiger partial charge in [0.05, 0.1) is 23.6 Å². The largest absolute Gasteiger partial charge is 0.492 e. The maximum absolute atomic E-state index is 11.5. The van der Waals surface area contributed by atoms with Gasteiger partial charge in [0.2, 0.25) is 10.0 Å². The van der Waals surface area contributed by atoms with E-state index in [1.807, 2.05) is 48.5 Å². The summed E-state index contributed by atoms with van der Waals surface area (Å²) in [6.07, 6.45) is 0.310. The third-order valence-corrected chi connectivity index (χ3v) is 6.96. The molecule has 5 aromatic rings. The number of fused-ring (bicyclic) bond motifs is 1. The molecule has 0 aliphatic carbocycles. The topological polar surface area (TPSA) is 103 Å². The number of benzene rings is 4. The Balaban J connectivity index is 0.00000370. The molecule has 4 N–H and O–H groups in total. The predicted molar refractivity (Wildman–Crippen MR) is 165 cm³/mol. The van der Waals surface area contributed by atoms with Gasteiger partial charge in [0.1, 0.15) is 12.4 Å². The summed E-state index contributed by atoms with van der Waals surface area (Å²) in [5.41, 5.74) is 6.54. The average Bonchev–Trinajstić information content (AvgIpc) is 3.32. The van der Waals surface area contributed by atoms with Crippen LogP contribution in [0, 0.1) is 0 Å². The Morgan fingerprint density at radius 1 is 0.875 bits per heavy atom. The zero-order chi connectivity index (χ0) is 27.2. The van der Waals surface area contributed by atoms with Crippen molar-refractivity contribution in [2.45, 2.75) is 6.10 Å². The SMILES string of the molecule is CS(=O)(=O)Nc1cccc(C(O)CNCCOc2ccc3c(-c4ccccc4)c(-c4ccccc4)[nH]c3c2)c1.Cl. The molecule has 1 atom stereocenters. The molecule has 1 unspecified atom stereocenters. The van der Waals surface area contributed by atoms with Crippen molar-refractivity contribution in [3.8, 4) is 28.1 Å². The maximum Gasteiger partial charge on any atom is 0.229 e. The molecule has 5 rings (SSSR count). The number of aromatic amines is 1. The first-order valence-corrected chi connectivity index (χ1v) is 14.6. The summed E-state index contributed by atoms with van der Waals surface area (Å²) in [5.74, 6) is 0.755. The van der Waals surface area contributed by atoms with E-state index in [0.29, 0.717) is 30.9 Å². The standard InChI is InChI=1S/C31H31N3O4S.ClH/c1-39(36,37)34-25-14-8-13-24(19-25)29(35)21-32-17-18-38-26-15-16-27-28(20-26)33-31(23-11-6-3-7-12-23)30(27)22-9-4-2-5-10-22;/h2-16,19-20,29,32-35H,17-18,21H2,1H3;1H. The fourth-order valence-corrected chi connectivity index (χ4v) is 5.17. The number of aromatic nitrogens is 1. The Labute approximate surface area is 240 Å². The zero-order valence-corrected chi connectivity index (χ0v) is 23.6. The number of rotatable bonds is 11. The molecule has 7 nitrogen and oxygen atoms in total. The number of halogens is 1. The van der Waals surface area contributed by atoms with Gasteiger partial charge in [0.15, 0.2) is 0 Å². The molecule has 1 heterocycles. The molecule has 0 saturated carbocycles. The van der Waals surface area contributed by atoms with Gasteiger partial charge in [0.25, 0.3) is 0 Å². The highest BCUT2D eigenvalue weighted by molar-refractivity contribution is 7.92. The number of nitrogens with one attached hydrogen (secondary N) is 3. The number of hydrogen-bond acceptors (Lipinski definition) is 5. The number of sulfonamides is 1. The van der Waals surface area contributed by atoms with E-state index in [1.54, 1.807) is 24.3 Å². The van der Waals surface area contributed by atoms with Gasteiger partial charge in [-0.25, -0.2) is 8.42 Å². The van der Waals surface area contributed by atoms with E-state index < -0.39 is 16.1 Å². The first kappa shape index (κ1) is 29.2. The molecule has 40 heavy (non-hydrogen) atoms. The lowest BCUT2D eigenvalue weighted by Gasteiger charge is -2.14. The van der Waals surface area contributed by atoms with Crippen LogP contribution in [0.15, 0.2) is 103 Å². The first-order valence-electron chi connectivity index (χ1n) is 12.7. The van der Waals surface area contributed by atoms with Crippen molar-refractivity contribution in [3.63, 3.8) is 0 Å². The lowest BCUT2D eigenvalue weighted by atomic mass is 9.98. The third kappa shape index (κ3) is 7.22. The Morgan fingerprint density at radius 3 is 2.27 bits per heavy atom. The van der Waals surface area contributed by atoms with E-state index in [4.69, 9.17) is 4.74 Å². The maximum atomic E-state index is 11.5. The Morgan fingerprint density at radius 2 is 1.57 bits per heavy atom. The van der Waals surface area contributed by atoms with Gasteiger partial charge < -0.3 is 20.1 Å². The zero-order valence-electron chi connectivity index (χ0n) is 22.0. The summed E-state index contributed by atoms with van der Waals surface area (Å²) in [4.78, 5) is 3.60. The quantitative estimate of drug-likeness (QED) is 0.144. The molecule has 0 radical (unpaired) electrons. The van der Waals surface area contributed by atoms with Gasteiger partial charge in [-0.15, -0.1) is 12.4 Å². The molecule has 0 saturated heterocycles. The van der Waals surface area contributed by atoms with Crippen LogP contribution in [0.1, 0.15) is 11.7 Å². The summed E-state index contributed by atoms with van der Waals surface area (Å²) in [7, 11) is -3.38. The second-order valence-electron chi connectivity index (χ2n) is 9.38. The number of anilines is 1. The molecule has 4 aromatic carbocycles. The average molecular weight is 578 g/mol. The Bertz CT molecular complexity index is 1660. The molecular weight excluding hydrogens is 546 g/mol. The molecule has 1 aromatic heterocycles. The van der Waals surface area contributed by atoms with E-state index in [9.17, 15) is 13.5 Å². The van der Waals surface area contributed by atoms with Crippen LogP contribution in [0.4, 0.5) is 5.69 Å². The number of H-pyrrole nitrogens is 1. The summed E-state index contributed by atoms with van der Waals surface area (Å²) < 4.78 is 31.3. The van der Waals surface area contributed by atoms with E-state index in [2.05, 4.69) is 45.4 Å². The minimum Gasteiger partial charge on any atom is -0.492 e. The van der Waals surface area contributed by atoms with Crippen LogP contribution in [-0.4, -0.2) is 44.5 Å². The van der Waals surface area contributed by atoms with Crippen LogP contribution in [0.25, 0.3) is 33.3 Å². The first-order chi connectivity index (χ1) is 18.9. The smallest absolute Gasteiger partial charge is 0.229 e. The van der Waals surface area contributed by atoms with E-state index in [0.717, 1.165) is 45.3 Å². The van der Waals surface area contributed by atoms with E-state index >= 15 is 0 Å². The number of aliphatic hydroxyl groups is 1. The van der Waals surface area contributed by atoms with Gasteiger partial charge in [0, 0.05) is 35.8 Å². The van der Waals surface area contributed by atoms with Gasteiger partial charge >= 0.3 is 0 Å². The number of aliphatic hydroxyl groups excluding tert-OH is 1. The molecular formula is C31H32ClN3O4S. The normalized spacial score (nSPS) is 12.1. The van der Waals surface area contributed by atoms with Crippen molar-refractivity contribution in [2.24, 2.45) is 0 Å². The Hall–Kier alpha value is -3.82. The summed E-state index contributed by atoms with van der Waals surface area (Å²) in [6.45, 7) is 1.26. The van der Waals surface area contributed by atoms with Crippen LogP contribution < -0.4 is 14.8 Å². The second kappa shape index (κ2) is 13.0. The third-order valence-electron chi connectivity index (χ3n) is 6.35. The molecule has 0 fully saturated rings. The Kier molecular flexibility index (Phi) is 9.50. The molecule has 0 amide bonds. The highest BCUT2D eigenvalue weighted by Crippen LogP contribution is 2.39. The van der Waals surface area contributed by atoms with Crippen molar-refractivity contribution in [3.05, 3.63) is 109 Å². The van der Waals surface area contributed by atoms with Crippen LogP contribution in [0.5, 0.6) is 5.75 Å². The number of hydrogen-bond donors (Lipinski definition) is 4. The molecule has 9 heteroatoms. The highest BCUT2D eigenvalue weighted by atomic mass is 35.5. The van der Waals surface area contributed by atoms with Gasteiger partial charge in [-0.1, -0.05) is 72.8 Å². The van der Waals surface area contributed by atoms with Crippen molar-refractivity contribution in [2.75, 3.05) is 30.7 Å². The minimum absolute atomic E-state index is 0. The van der Waals surface area contributed by atoms with Gasteiger partial charge in [-0.2, -0.15) is 0 Å². The monoisotopic (exact) mass is 577 g/mol. The second-order valence-corrected chi connectivity index (χ2v) is 11.1. The molecule has 208 valence electrons. The lowest BCUT2D eigenvalue weighted by molar-refractivity contribution is 0.172. The summed E-state index contributed by atoms with van der Waals surface area (Å²) >= 11 is 0. The summed E-state index contributed by atoms with van der Waals surface area (Å²) in [6, 6.07) is 33.5. The van der Waals surface area contributed by atoms with E-state index in [-0.39, 0.29) is 12.4 Å². The van der Waals surface area contributed by atoms with Crippen molar-refractivity contribution >= 4 is 39.0 Å². The minimum atomic E-state index is -3.38. The number of ether oxygens (including phenoxy) is 1.